The van der Waals surface area contributed by atoms with E-state index in [-0.39, 0.29) is 5.91 Å². The van der Waals surface area contributed by atoms with Crippen LogP contribution in [-0.4, -0.2) is 24.1 Å². The van der Waals surface area contributed by atoms with Gasteiger partial charge in [-0.25, -0.2) is 4.98 Å². The van der Waals surface area contributed by atoms with Gasteiger partial charge in [-0.15, -0.1) is 0 Å². The molecule has 6 heteroatoms. The lowest BCUT2D eigenvalue weighted by atomic mass is 10.1. The molecule has 0 fully saturated rings. The first kappa shape index (κ1) is 14.0. The van der Waals surface area contributed by atoms with Gasteiger partial charge in [-0.3, -0.25) is 10.1 Å². The first-order valence-electron chi connectivity index (χ1n) is 7.23. The first-order chi connectivity index (χ1) is 11.2. The van der Waals surface area contributed by atoms with Crippen LogP contribution in [0.25, 0.3) is 10.2 Å². The number of carbonyl (C=O) groups is 1. The third-order valence-corrected chi connectivity index (χ3v) is 4.70. The minimum atomic E-state index is -0.506. The van der Waals surface area contributed by atoms with E-state index >= 15 is 0 Å². The van der Waals surface area contributed by atoms with Gasteiger partial charge >= 0.3 is 0 Å². The topological polar surface area (TPSA) is 60.5 Å². The van der Waals surface area contributed by atoms with Crippen molar-refractivity contribution in [2.75, 3.05) is 12.4 Å². The van der Waals surface area contributed by atoms with E-state index in [1.165, 1.54) is 11.3 Å². The van der Waals surface area contributed by atoms with Crippen LogP contribution >= 0.6 is 11.3 Å². The molecule has 2 heterocycles. The molecule has 0 aliphatic carbocycles. The van der Waals surface area contributed by atoms with Crippen LogP contribution < -0.4 is 14.8 Å². The molecule has 1 amide bonds. The molecule has 2 aromatic carbocycles. The smallest absolute Gasteiger partial charge is 0.267 e. The predicted molar refractivity (Wildman–Crippen MR) is 89.4 cm³/mol. The number of aromatic nitrogens is 1. The molecular weight excluding hydrogens is 312 g/mol. The third kappa shape index (κ3) is 2.61. The summed E-state index contributed by atoms with van der Waals surface area (Å²) >= 11 is 1.42. The fourth-order valence-electron chi connectivity index (χ4n) is 2.60. The van der Waals surface area contributed by atoms with Gasteiger partial charge in [0.2, 0.25) is 0 Å². The molecule has 1 aliphatic heterocycles. The SMILES string of the molecule is COc1ccc2nc(NC(=O)[C@@H]3Cc4ccccc4O3)sc2c1. The second-order valence-corrected chi connectivity index (χ2v) is 6.29. The Labute approximate surface area is 136 Å². The van der Waals surface area contributed by atoms with E-state index in [0.717, 1.165) is 27.3 Å². The van der Waals surface area contributed by atoms with E-state index in [4.69, 9.17) is 9.47 Å². The number of hydrogen-bond donors (Lipinski definition) is 1. The van der Waals surface area contributed by atoms with Crippen molar-refractivity contribution in [2.24, 2.45) is 0 Å². The number of anilines is 1. The highest BCUT2D eigenvalue weighted by Crippen LogP contribution is 2.31. The Bertz CT molecular complexity index is 865. The number of benzene rings is 2. The zero-order valence-electron chi connectivity index (χ0n) is 12.4. The van der Waals surface area contributed by atoms with Gasteiger partial charge in [0.1, 0.15) is 11.5 Å². The van der Waals surface area contributed by atoms with Crippen LogP contribution in [0, 0.1) is 0 Å². The Hall–Kier alpha value is -2.60. The van der Waals surface area contributed by atoms with E-state index in [1.807, 2.05) is 42.5 Å². The Morgan fingerprint density at radius 3 is 3.04 bits per heavy atom. The summed E-state index contributed by atoms with van der Waals surface area (Å²) in [5, 5.41) is 3.42. The van der Waals surface area contributed by atoms with E-state index in [1.54, 1.807) is 7.11 Å². The largest absolute Gasteiger partial charge is 0.497 e. The highest BCUT2D eigenvalue weighted by atomic mass is 32.1. The number of methoxy groups -OCH3 is 1. The van der Waals surface area contributed by atoms with Crippen LogP contribution in [0.2, 0.25) is 0 Å². The average Bonchev–Trinajstić information content (AvgIpc) is 3.17. The van der Waals surface area contributed by atoms with Crippen LogP contribution in [0.5, 0.6) is 11.5 Å². The van der Waals surface area contributed by atoms with Crippen molar-refractivity contribution < 1.29 is 14.3 Å². The molecule has 0 spiro atoms. The molecule has 0 unspecified atom stereocenters. The minimum Gasteiger partial charge on any atom is -0.497 e. The van der Waals surface area contributed by atoms with Gasteiger partial charge in [0, 0.05) is 6.42 Å². The summed E-state index contributed by atoms with van der Waals surface area (Å²) in [6.07, 6.45) is 0.0784. The van der Waals surface area contributed by atoms with Crippen molar-refractivity contribution >= 4 is 32.6 Å². The minimum absolute atomic E-state index is 0.174. The maximum Gasteiger partial charge on any atom is 0.267 e. The number of rotatable bonds is 3. The summed E-state index contributed by atoms with van der Waals surface area (Å²) < 4.78 is 11.9. The summed E-state index contributed by atoms with van der Waals surface area (Å²) in [4.78, 5) is 16.8. The molecule has 4 rings (SSSR count). The van der Waals surface area contributed by atoms with E-state index in [2.05, 4.69) is 10.3 Å². The lowest BCUT2D eigenvalue weighted by Gasteiger charge is -2.09. The van der Waals surface area contributed by atoms with Crippen molar-refractivity contribution in [1.82, 2.24) is 4.98 Å². The van der Waals surface area contributed by atoms with Gasteiger partial charge in [0.05, 0.1) is 17.3 Å². The zero-order valence-corrected chi connectivity index (χ0v) is 13.2. The molecule has 5 nitrogen and oxygen atoms in total. The lowest BCUT2D eigenvalue weighted by Crippen LogP contribution is -2.31. The maximum absolute atomic E-state index is 12.4. The quantitative estimate of drug-likeness (QED) is 0.802. The van der Waals surface area contributed by atoms with Crippen molar-refractivity contribution in [3.05, 3.63) is 48.0 Å². The van der Waals surface area contributed by atoms with Crippen LogP contribution in [0.4, 0.5) is 5.13 Å². The Balaban J connectivity index is 1.51. The van der Waals surface area contributed by atoms with E-state index in [9.17, 15) is 4.79 Å². The number of para-hydroxylation sites is 1. The summed E-state index contributed by atoms with van der Waals surface area (Å²) in [5.74, 6) is 1.38. The van der Waals surface area contributed by atoms with Gasteiger partial charge in [0.25, 0.3) is 5.91 Å². The molecular formula is C17H14N2O3S. The first-order valence-corrected chi connectivity index (χ1v) is 8.04. The van der Waals surface area contributed by atoms with Crippen molar-refractivity contribution in [1.29, 1.82) is 0 Å². The standard InChI is InChI=1S/C17H14N2O3S/c1-21-11-6-7-12-15(9-11)23-17(18-12)19-16(20)14-8-10-4-2-3-5-13(10)22-14/h2-7,9,14H,8H2,1H3,(H,18,19,20)/t14-/m0/s1. The molecule has 116 valence electrons. The van der Waals surface area contributed by atoms with Gasteiger partial charge in [-0.05, 0) is 29.8 Å². The number of nitrogens with zero attached hydrogens (tertiary/aromatic N) is 1. The fraction of sp³-hybridized carbons (Fsp3) is 0.176. The molecule has 1 aliphatic rings. The molecule has 1 N–H and O–H groups in total. The number of fused-ring (bicyclic) bond motifs is 2. The normalized spacial score (nSPS) is 16.0. The highest BCUT2D eigenvalue weighted by Gasteiger charge is 2.29. The lowest BCUT2D eigenvalue weighted by molar-refractivity contribution is -0.122. The Morgan fingerprint density at radius 2 is 2.22 bits per heavy atom. The number of nitrogens with one attached hydrogen (secondary N) is 1. The van der Waals surface area contributed by atoms with Gasteiger partial charge < -0.3 is 9.47 Å². The summed E-state index contributed by atoms with van der Waals surface area (Å²) in [7, 11) is 1.62. The summed E-state index contributed by atoms with van der Waals surface area (Å²) in [5.41, 5.74) is 1.89. The summed E-state index contributed by atoms with van der Waals surface area (Å²) in [6, 6.07) is 13.3. The molecule has 1 atom stereocenters. The molecule has 3 aromatic rings. The van der Waals surface area contributed by atoms with Gasteiger partial charge in [0.15, 0.2) is 11.2 Å². The van der Waals surface area contributed by atoms with Gasteiger partial charge in [-0.2, -0.15) is 0 Å². The number of ether oxygens (including phenoxy) is 2. The fourth-order valence-corrected chi connectivity index (χ4v) is 3.50. The molecule has 1 aromatic heterocycles. The number of thiazole rings is 1. The van der Waals surface area contributed by atoms with Gasteiger partial charge in [-0.1, -0.05) is 29.5 Å². The highest BCUT2D eigenvalue weighted by molar-refractivity contribution is 7.22. The van der Waals surface area contributed by atoms with Crippen LogP contribution in [0.15, 0.2) is 42.5 Å². The predicted octanol–water partition coefficient (Wildman–Crippen LogP) is 3.25. The monoisotopic (exact) mass is 326 g/mol. The second-order valence-electron chi connectivity index (χ2n) is 5.26. The van der Waals surface area contributed by atoms with Crippen LogP contribution in [0.1, 0.15) is 5.56 Å². The number of carbonyl (C=O) groups excluding carboxylic acids is 1. The molecule has 0 radical (unpaired) electrons. The Morgan fingerprint density at radius 1 is 1.35 bits per heavy atom. The van der Waals surface area contributed by atoms with Crippen molar-refractivity contribution in [3.63, 3.8) is 0 Å². The molecule has 0 bridgehead atoms. The van der Waals surface area contributed by atoms with Crippen molar-refractivity contribution in [3.8, 4) is 11.5 Å². The van der Waals surface area contributed by atoms with Crippen LogP contribution in [-0.2, 0) is 11.2 Å². The summed E-state index contributed by atoms with van der Waals surface area (Å²) in [6.45, 7) is 0. The third-order valence-electron chi connectivity index (χ3n) is 3.77. The maximum atomic E-state index is 12.4. The number of amides is 1. The zero-order chi connectivity index (χ0) is 15.8. The van der Waals surface area contributed by atoms with Crippen molar-refractivity contribution in [2.45, 2.75) is 12.5 Å². The Kier molecular flexibility index (Phi) is 3.38. The molecule has 0 saturated heterocycles. The number of hydrogen-bond acceptors (Lipinski definition) is 5. The average molecular weight is 326 g/mol. The second kappa shape index (κ2) is 5.55. The van der Waals surface area contributed by atoms with Crippen LogP contribution in [0.3, 0.4) is 0 Å². The van der Waals surface area contributed by atoms with E-state index < -0.39 is 6.10 Å². The molecule has 23 heavy (non-hydrogen) atoms. The molecule has 0 saturated carbocycles. The van der Waals surface area contributed by atoms with E-state index in [0.29, 0.717) is 11.6 Å².